The Hall–Kier alpha value is -4.46. The number of carboxylic acids is 1. The van der Waals surface area contributed by atoms with Crippen LogP contribution in [0.5, 0.6) is 0 Å². The van der Waals surface area contributed by atoms with E-state index in [2.05, 4.69) is 40.3 Å². The van der Waals surface area contributed by atoms with Gasteiger partial charge in [-0.15, -0.1) is 11.3 Å². The molecule has 13 heteroatoms. The van der Waals surface area contributed by atoms with Crippen molar-refractivity contribution in [1.29, 1.82) is 0 Å². The number of benzene rings is 2. The Kier molecular flexibility index (Phi) is 9.80. The number of rotatable bonds is 11. The summed E-state index contributed by atoms with van der Waals surface area (Å²) < 4.78 is 0. The molecule has 1 unspecified atom stereocenters. The number of aromatic nitrogens is 3. The fourth-order valence-corrected chi connectivity index (χ4v) is 8.20. The lowest BCUT2D eigenvalue weighted by molar-refractivity contribution is -0.141. The quantitative estimate of drug-likeness (QED) is 0.154. The first-order valence-corrected chi connectivity index (χ1v) is 17.8. The number of pyridine rings is 2. The number of nitrogens with zero attached hydrogens (tertiary/aromatic N) is 6. The molecule has 11 nitrogen and oxygen atoms in total. The van der Waals surface area contributed by atoms with E-state index < -0.39 is 5.97 Å². The van der Waals surface area contributed by atoms with Gasteiger partial charge in [-0.2, -0.15) is 0 Å². The third kappa shape index (κ3) is 6.94. The summed E-state index contributed by atoms with van der Waals surface area (Å²) in [5.41, 5.74) is 7.34. The number of hydrogen-bond donors (Lipinski definition) is 3. The van der Waals surface area contributed by atoms with Gasteiger partial charge in [0.05, 0.1) is 48.6 Å². The minimum Gasteiger partial charge on any atom is -0.481 e. The summed E-state index contributed by atoms with van der Waals surface area (Å²) in [5.74, 6) is -0.426. The van der Waals surface area contributed by atoms with Crippen molar-refractivity contribution in [2.75, 3.05) is 45.2 Å². The number of hydrogen-bond acceptors (Lipinski definition) is 10. The molecule has 5 heterocycles. The monoisotopic (exact) mass is 711 g/mol. The maximum Gasteiger partial charge on any atom is 0.307 e. The Bertz CT molecular complexity index is 2070. The predicted octanol–water partition coefficient (Wildman–Crippen LogP) is 5.80. The van der Waals surface area contributed by atoms with Crippen LogP contribution in [-0.2, 0) is 29.2 Å². The number of nitrogens with one attached hydrogen (secondary N) is 1. The molecule has 1 amide bonds. The molecule has 50 heavy (non-hydrogen) atoms. The molecule has 1 fully saturated rings. The van der Waals surface area contributed by atoms with Crippen molar-refractivity contribution in [2.24, 2.45) is 5.92 Å². The lowest BCUT2D eigenvalue weighted by Crippen LogP contribution is -2.37. The molecule has 0 saturated carbocycles. The molecule has 1 saturated heterocycles. The molecule has 0 aliphatic carbocycles. The first kappa shape index (κ1) is 34.0. The van der Waals surface area contributed by atoms with Crippen molar-refractivity contribution in [3.63, 3.8) is 0 Å². The van der Waals surface area contributed by atoms with Crippen LogP contribution < -0.4 is 5.32 Å². The lowest BCUT2D eigenvalue weighted by atomic mass is 9.96. The van der Waals surface area contributed by atoms with Crippen molar-refractivity contribution in [1.82, 2.24) is 29.7 Å². The smallest absolute Gasteiger partial charge is 0.307 e. The SMILES string of the molecule is Cc1c(-c2nc3c(s2)CN(C(=O)CN(C)CCO)C3)cccc1-c1cccc(Nc2nccc3cc(CN4CCC(C(=O)O)C4)cnc23)c1Cl. The van der Waals surface area contributed by atoms with E-state index in [1.165, 1.54) is 0 Å². The van der Waals surface area contributed by atoms with Crippen molar-refractivity contribution in [3.05, 3.63) is 87.6 Å². The number of carboxylic acid groups (broad SMARTS) is 1. The number of aliphatic hydroxyl groups excluding tert-OH is 1. The van der Waals surface area contributed by atoms with Gasteiger partial charge in [-0.05, 0) is 61.8 Å². The first-order chi connectivity index (χ1) is 24.2. The van der Waals surface area contributed by atoms with Crippen LogP contribution in [0.25, 0.3) is 32.6 Å². The summed E-state index contributed by atoms with van der Waals surface area (Å²) >= 11 is 8.72. The second kappa shape index (κ2) is 14.4. The van der Waals surface area contributed by atoms with Gasteiger partial charge in [-0.25, -0.2) is 9.97 Å². The summed E-state index contributed by atoms with van der Waals surface area (Å²) in [4.78, 5) is 45.4. The number of thiazole rings is 1. The van der Waals surface area contributed by atoms with Crippen molar-refractivity contribution >= 4 is 57.2 Å². The fraction of sp³-hybridized carbons (Fsp3) is 0.324. The van der Waals surface area contributed by atoms with Gasteiger partial charge >= 0.3 is 5.97 Å². The third-order valence-corrected chi connectivity index (χ3v) is 11.0. The Morgan fingerprint density at radius 1 is 1.10 bits per heavy atom. The summed E-state index contributed by atoms with van der Waals surface area (Å²) in [6, 6.07) is 16.1. The van der Waals surface area contributed by atoms with E-state index in [1.54, 1.807) is 17.5 Å². The normalized spacial score (nSPS) is 16.0. The number of halogens is 1. The van der Waals surface area contributed by atoms with Gasteiger partial charge in [0.1, 0.15) is 10.5 Å². The van der Waals surface area contributed by atoms with Gasteiger partial charge in [-0.1, -0.05) is 41.9 Å². The number of amides is 1. The minimum atomic E-state index is -0.735. The molecule has 3 aromatic heterocycles. The van der Waals surface area contributed by atoms with E-state index in [1.807, 2.05) is 53.4 Å². The van der Waals surface area contributed by atoms with Crippen LogP contribution in [0.1, 0.15) is 28.1 Å². The average Bonchev–Trinajstić information content (AvgIpc) is 3.82. The third-order valence-electron chi connectivity index (χ3n) is 9.48. The maximum absolute atomic E-state index is 12.8. The molecule has 0 radical (unpaired) electrons. The number of carbonyl (C=O) groups is 2. The average molecular weight is 712 g/mol. The highest BCUT2D eigenvalue weighted by Gasteiger charge is 2.29. The second-order valence-electron chi connectivity index (χ2n) is 13.0. The van der Waals surface area contributed by atoms with Crippen molar-refractivity contribution in [3.8, 4) is 21.7 Å². The largest absolute Gasteiger partial charge is 0.481 e. The predicted molar refractivity (Wildman–Crippen MR) is 195 cm³/mol. The highest BCUT2D eigenvalue weighted by atomic mass is 35.5. The molecule has 0 bridgehead atoms. The van der Waals surface area contributed by atoms with Crippen LogP contribution >= 0.6 is 22.9 Å². The van der Waals surface area contributed by atoms with Crippen molar-refractivity contribution in [2.45, 2.75) is 33.0 Å². The Morgan fingerprint density at radius 2 is 1.90 bits per heavy atom. The molecule has 0 spiro atoms. The number of aliphatic carboxylic acids is 1. The number of carbonyl (C=O) groups excluding carboxylic acids is 1. The molecule has 2 aliphatic heterocycles. The highest BCUT2D eigenvalue weighted by Crippen LogP contribution is 2.41. The van der Waals surface area contributed by atoms with Crippen LogP contribution in [-0.4, -0.2) is 91.6 Å². The number of fused-ring (bicyclic) bond motifs is 2. The van der Waals surface area contributed by atoms with Crippen LogP contribution in [0.4, 0.5) is 11.5 Å². The van der Waals surface area contributed by atoms with E-state index in [4.69, 9.17) is 26.7 Å². The fourth-order valence-electron chi connectivity index (χ4n) is 6.76. The molecular formula is C37H38ClN7O4S. The maximum atomic E-state index is 12.8. The standard InChI is InChI=1S/C37H38ClN7O4S/c1-22-26(5-3-6-27(22)36-42-30-19-45(20-31(30)50-36)32(47)21-43(2)13-14-46)28-7-4-8-29(33(28)38)41-35-34-24(9-11-39-35)15-23(16-40-34)17-44-12-10-25(18-44)37(48)49/h3-9,11,15-16,25,46H,10,12-14,17-21H2,1-2H3,(H,39,41)(H,48,49). The zero-order valence-electron chi connectivity index (χ0n) is 27.9. The van der Waals surface area contributed by atoms with Crippen LogP contribution in [0.2, 0.25) is 5.02 Å². The second-order valence-corrected chi connectivity index (χ2v) is 14.5. The molecule has 2 aromatic carbocycles. The van der Waals surface area contributed by atoms with Gasteiger partial charge in [0, 0.05) is 53.4 Å². The van der Waals surface area contributed by atoms with Gasteiger partial charge in [0.25, 0.3) is 0 Å². The van der Waals surface area contributed by atoms with Crippen LogP contribution in [0.3, 0.4) is 0 Å². The van der Waals surface area contributed by atoms with Crippen LogP contribution in [0, 0.1) is 12.8 Å². The van der Waals surface area contributed by atoms with Gasteiger partial charge < -0.3 is 20.4 Å². The number of likely N-dealkylation sites (tertiary alicyclic amines) is 1. The summed E-state index contributed by atoms with van der Waals surface area (Å²) in [6.45, 7) is 5.81. The highest BCUT2D eigenvalue weighted by molar-refractivity contribution is 7.15. The van der Waals surface area contributed by atoms with Crippen LogP contribution in [0.15, 0.2) is 60.9 Å². The molecule has 3 N–H and O–H groups in total. The number of aliphatic hydroxyl groups is 1. The van der Waals surface area contributed by atoms with E-state index in [0.717, 1.165) is 60.8 Å². The first-order valence-electron chi connectivity index (χ1n) is 16.6. The molecule has 7 rings (SSSR count). The Labute approximate surface area is 299 Å². The van der Waals surface area contributed by atoms with E-state index in [9.17, 15) is 14.7 Å². The minimum absolute atomic E-state index is 0.0202. The summed E-state index contributed by atoms with van der Waals surface area (Å²) in [6.07, 6.45) is 4.24. The Balaban J connectivity index is 1.09. The number of anilines is 2. The summed E-state index contributed by atoms with van der Waals surface area (Å²) in [5, 5.41) is 24.3. The molecular weight excluding hydrogens is 674 g/mol. The molecule has 5 aromatic rings. The molecule has 1 atom stereocenters. The van der Waals surface area contributed by atoms with Gasteiger partial charge in [-0.3, -0.25) is 24.4 Å². The van der Waals surface area contributed by atoms with Gasteiger partial charge in [0.15, 0.2) is 5.82 Å². The molecule has 258 valence electrons. The Morgan fingerprint density at radius 3 is 2.68 bits per heavy atom. The van der Waals surface area contributed by atoms with E-state index in [-0.39, 0.29) is 25.0 Å². The van der Waals surface area contributed by atoms with Gasteiger partial charge in [0.2, 0.25) is 5.91 Å². The zero-order valence-corrected chi connectivity index (χ0v) is 29.5. The molecule has 2 aliphatic rings. The van der Waals surface area contributed by atoms with E-state index >= 15 is 0 Å². The lowest BCUT2D eigenvalue weighted by Gasteiger charge is -2.20. The number of likely N-dealkylation sites (N-methyl/N-ethyl adjacent to an activating group) is 1. The summed E-state index contributed by atoms with van der Waals surface area (Å²) in [7, 11) is 1.83. The van der Waals surface area contributed by atoms with E-state index in [0.29, 0.717) is 55.7 Å². The van der Waals surface area contributed by atoms with Crippen molar-refractivity contribution < 1.29 is 19.8 Å². The zero-order chi connectivity index (χ0) is 34.9. The topological polar surface area (TPSA) is 135 Å².